The number of alkyl halides is 3. The van der Waals surface area contributed by atoms with Gasteiger partial charge in [-0.1, -0.05) is 30.3 Å². The SMILES string of the molecule is O=C[C@@H](c1ccccc1)C(F)(F)F. The first-order valence-electron chi connectivity index (χ1n) is 3.62. The molecule has 1 aromatic rings. The Kier molecular flexibility index (Phi) is 2.70. The minimum Gasteiger partial charge on any atom is -0.302 e. The Labute approximate surface area is 73.2 Å². The molecule has 0 bridgehead atoms. The third kappa shape index (κ3) is 2.31. The second-order valence-corrected chi connectivity index (χ2v) is 2.57. The molecule has 70 valence electrons. The summed E-state index contributed by atoms with van der Waals surface area (Å²) in [5, 5.41) is 0. The highest BCUT2D eigenvalue weighted by atomic mass is 19.4. The lowest BCUT2D eigenvalue weighted by Crippen LogP contribution is -2.21. The lowest BCUT2D eigenvalue weighted by Gasteiger charge is -2.13. The van der Waals surface area contributed by atoms with Crippen LogP contribution in [-0.4, -0.2) is 12.5 Å². The van der Waals surface area contributed by atoms with Gasteiger partial charge in [-0.05, 0) is 5.56 Å². The number of halogens is 3. The van der Waals surface area contributed by atoms with Crippen molar-refractivity contribution in [3.63, 3.8) is 0 Å². The first-order chi connectivity index (χ1) is 6.05. The van der Waals surface area contributed by atoms with Gasteiger partial charge in [0, 0.05) is 0 Å². The number of carbonyl (C=O) groups excluding carboxylic acids is 1. The van der Waals surface area contributed by atoms with Crippen molar-refractivity contribution in [2.24, 2.45) is 0 Å². The Bertz CT molecular complexity index is 279. The number of hydrogen-bond acceptors (Lipinski definition) is 1. The summed E-state index contributed by atoms with van der Waals surface area (Å²) in [6, 6.07) is 7.11. The zero-order chi connectivity index (χ0) is 9.90. The van der Waals surface area contributed by atoms with E-state index in [4.69, 9.17) is 0 Å². The summed E-state index contributed by atoms with van der Waals surface area (Å²) in [6.45, 7) is 0. The van der Waals surface area contributed by atoms with Gasteiger partial charge in [-0.15, -0.1) is 0 Å². The van der Waals surface area contributed by atoms with E-state index in [1.165, 1.54) is 24.3 Å². The first kappa shape index (κ1) is 9.77. The zero-order valence-corrected chi connectivity index (χ0v) is 6.58. The summed E-state index contributed by atoms with van der Waals surface area (Å²) in [7, 11) is 0. The van der Waals surface area contributed by atoms with Crippen molar-refractivity contribution in [1.82, 2.24) is 0 Å². The van der Waals surface area contributed by atoms with Crippen LogP contribution in [0.1, 0.15) is 11.5 Å². The van der Waals surface area contributed by atoms with Crippen molar-refractivity contribution >= 4 is 6.29 Å². The van der Waals surface area contributed by atoms with E-state index in [1.54, 1.807) is 6.07 Å². The Morgan fingerprint density at radius 2 is 1.69 bits per heavy atom. The van der Waals surface area contributed by atoms with Gasteiger partial charge >= 0.3 is 6.18 Å². The van der Waals surface area contributed by atoms with Crippen LogP contribution in [0.25, 0.3) is 0 Å². The van der Waals surface area contributed by atoms with Crippen LogP contribution in [0.3, 0.4) is 0 Å². The van der Waals surface area contributed by atoms with Gasteiger partial charge < -0.3 is 4.79 Å². The van der Waals surface area contributed by atoms with E-state index in [0.717, 1.165) is 0 Å². The molecule has 0 spiro atoms. The molecular weight excluding hydrogens is 181 g/mol. The van der Waals surface area contributed by atoms with E-state index in [-0.39, 0.29) is 11.8 Å². The average Bonchev–Trinajstić information content (AvgIpc) is 2.05. The number of benzene rings is 1. The molecule has 1 aromatic carbocycles. The Balaban J connectivity index is 2.99. The Hall–Kier alpha value is -1.32. The van der Waals surface area contributed by atoms with Crippen LogP contribution >= 0.6 is 0 Å². The minimum atomic E-state index is -4.50. The number of carbonyl (C=O) groups is 1. The van der Waals surface area contributed by atoms with Gasteiger partial charge in [0.2, 0.25) is 0 Å². The van der Waals surface area contributed by atoms with Crippen LogP contribution in [0.2, 0.25) is 0 Å². The molecule has 1 rings (SSSR count). The molecule has 0 aliphatic rings. The van der Waals surface area contributed by atoms with Crippen LogP contribution in [0.15, 0.2) is 30.3 Å². The molecule has 0 saturated carbocycles. The van der Waals surface area contributed by atoms with Crippen LogP contribution in [0.5, 0.6) is 0 Å². The number of rotatable bonds is 2. The normalized spacial score (nSPS) is 13.8. The first-order valence-corrected chi connectivity index (χ1v) is 3.62. The summed E-state index contributed by atoms with van der Waals surface area (Å²) in [5.74, 6) is -2.01. The molecule has 0 aliphatic heterocycles. The minimum absolute atomic E-state index is 0.0231. The van der Waals surface area contributed by atoms with Crippen molar-refractivity contribution in [3.05, 3.63) is 35.9 Å². The summed E-state index contributed by atoms with van der Waals surface area (Å²) >= 11 is 0. The molecule has 0 unspecified atom stereocenters. The highest BCUT2D eigenvalue weighted by Crippen LogP contribution is 2.32. The average molecular weight is 188 g/mol. The van der Waals surface area contributed by atoms with Crippen LogP contribution < -0.4 is 0 Å². The molecule has 13 heavy (non-hydrogen) atoms. The second-order valence-electron chi connectivity index (χ2n) is 2.57. The largest absolute Gasteiger partial charge is 0.402 e. The third-order valence-corrected chi connectivity index (χ3v) is 1.65. The summed E-state index contributed by atoms with van der Waals surface area (Å²) in [6.07, 6.45) is -4.58. The van der Waals surface area contributed by atoms with Crippen molar-refractivity contribution < 1.29 is 18.0 Å². The van der Waals surface area contributed by atoms with Gasteiger partial charge in [0.1, 0.15) is 12.2 Å². The number of aldehydes is 1. The maximum absolute atomic E-state index is 12.2. The van der Waals surface area contributed by atoms with Crippen LogP contribution in [0, 0.1) is 0 Å². The Morgan fingerprint density at radius 3 is 2.08 bits per heavy atom. The van der Waals surface area contributed by atoms with Crippen molar-refractivity contribution in [2.45, 2.75) is 12.1 Å². The van der Waals surface area contributed by atoms with Crippen LogP contribution in [-0.2, 0) is 4.79 Å². The van der Waals surface area contributed by atoms with Gasteiger partial charge in [-0.25, -0.2) is 0 Å². The molecule has 0 fully saturated rings. The van der Waals surface area contributed by atoms with E-state index in [9.17, 15) is 18.0 Å². The summed E-state index contributed by atoms with van der Waals surface area (Å²) in [5.41, 5.74) is -0.0231. The Morgan fingerprint density at radius 1 is 1.15 bits per heavy atom. The third-order valence-electron chi connectivity index (χ3n) is 1.65. The maximum Gasteiger partial charge on any atom is 0.402 e. The van der Waals surface area contributed by atoms with Crippen molar-refractivity contribution in [1.29, 1.82) is 0 Å². The highest BCUT2D eigenvalue weighted by molar-refractivity contribution is 5.63. The van der Waals surface area contributed by atoms with Gasteiger partial charge in [0.05, 0.1) is 0 Å². The smallest absolute Gasteiger partial charge is 0.302 e. The van der Waals surface area contributed by atoms with Gasteiger partial charge in [-0.2, -0.15) is 13.2 Å². The lowest BCUT2D eigenvalue weighted by atomic mass is 10.0. The van der Waals surface area contributed by atoms with Crippen LogP contribution in [0.4, 0.5) is 13.2 Å². The van der Waals surface area contributed by atoms with E-state index < -0.39 is 12.1 Å². The standard InChI is InChI=1S/C9H7F3O/c10-9(11,12)8(6-13)7-4-2-1-3-5-7/h1-6,8H/t8-/m0/s1. The lowest BCUT2D eigenvalue weighted by molar-refractivity contribution is -0.155. The molecule has 4 heteroatoms. The zero-order valence-electron chi connectivity index (χ0n) is 6.58. The molecule has 0 heterocycles. The fourth-order valence-electron chi connectivity index (χ4n) is 1.01. The van der Waals surface area contributed by atoms with Gasteiger partial charge in [0.15, 0.2) is 0 Å². The number of hydrogen-bond donors (Lipinski definition) is 0. The molecular formula is C9H7F3O. The maximum atomic E-state index is 12.2. The fourth-order valence-corrected chi connectivity index (χ4v) is 1.01. The van der Waals surface area contributed by atoms with E-state index in [2.05, 4.69) is 0 Å². The molecule has 0 aliphatic carbocycles. The topological polar surface area (TPSA) is 17.1 Å². The predicted octanol–water partition coefficient (Wildman–Crippen LogP) is 2.53. The van der Waals surface area contributed by atoms with E-state index in [1.807, 2.05) is 0 Å². The van der Waals surface area contributed by atoms with Gasteiger partial charge in [-0.3, -0.25) is 0 Å². The molecule has 0 aromatic heterocycles. The highest BCUT2D eigenvalue weighted by Gasteiger charge is 2.40. The second kappa shape index (κ2) is 3.60. The monoisotopic (exact) mass is 188 g/mol. The quantitative estimate of drug-likeness (QED) is 0.652. The van der Waals surface area contributed by atoms with E-state index >= 15 is 0 Å². The summed E-state index contributed by atoms with van der Waals surface area (Å²) in [4.78, 5) is 10.2. The van der Waals surface area contributed by atoms with Gasteiger partial charge in [0.25, 0.3) is 0 Å². The molecule has 0 N–H and O–H groups in total. The van der Waals surface area contributed by atoms with E-state index in [0.29, 0.717) is 0 Å². The molecule has 0 saturated heterocycles. The predicted molar refractivity (Wildman–Crippen MR) is 41.3 cm³/mol. The van der Waals surface area contributed by atoms with Crippen molar-refractivity contribution in [2.75, 3.05) is 0 Å². The molecule has 0 radical (unpaired) electrons. The fraction of sp³-hybridized carbons (Fsp3) is 0.222. The molecule has 1 atom stereocenters. The summed E-state index contributed by atoms with van der Waals surface area (Å²) < 4.78 is 36.5. The molecule has 0 amide bonds. The van der Waals surface area contributed by atoms with Crippen molar-refractivity contribution in [3.8, 4) is 0 Å². The molecule has 1 nitrogen and oxygen atoms in total.